The molecule has 2 aromatic carbocycles. The summed E-state index contributed by atoms with van der Waals surface area (Å²) in [6.07, 6.45) is 1.73. The molecular formula is C22H22N2O4. The lowest BCUT2D eigenvalue weighted by Crippen LogP contribution is -2.47. The molecule has 0 spiro atoms. The number of amides is 1. The predicted molar refractivity (Wildman–Crippen MR) is 106 cm³/mol. The van der Waals surface area contributed by atoms with Crippen LogP contribution in [0.2, 0.25) is 0 Å². The Kier molecular flexibility index (Phi) is 4.55. The van der Waals surface area contributed by atoms with Crippen LogP contribution < -0.4 is 10.1 Å². The Morgan fingerprint density at radius 1 is 1.25 bits per heavy atom. The van der Waals surface area contributed by atoms with Crippen LogP contribution in [0.15, 0.2) is 42.6 Å². The maximum atomic E-state index is 12.7. The third-order valence-electron chi connectivity index (χ3n) is 5.36. The van der Waals surface area contributed by atoms with E-state index >= 15 is 0 Å². The molecule has 1 aliphatic rings. The van der Waals surface area contributed by atoms with Gasteiger partial charge in [-0.05, 0) is 48.2 Å². The summed E-state index contributed by atoms with van der Waals surface area (Å²) in [5.74, 6) is -0.772. The lowest BCUT2D eigenvalue weighted by atomic mass is 10.0. The van der Waals surface area contributed by atoms with Gasteiger partial charge in [0.15, 0.2) is 6.10 Å². The number of aliphatic carboxylic acids is 1. The number of hydrogen-bond acceptors (Lipinski definition) is 3. The number of ether oxygens (including phenoxy) is 1. The Morgan fingerprint density at radius 3 is 2.79 bits per heavy atom. The summed E-state index contributed by atoms with van der Waals surface area (Å²) in [5.41, 5.74) is 5.01. The second-order valence-electron chi connectivity index (χ2n) is 7.32. The molecule has 0 saturated carbocycles. The Balaban J connectivity index is 1.48. The molecule has 3 aromatic rings. The number of hydrogen-bond donors (Lipinski definition) is 3. The van der Waals surface area contributed by atoms with Crippen molar-refractivity contribution in [2.24, 2.45) is 0 Å². The summed E-state index contributed by atoms with van der Waals surface area (Å²) in [7, 11) is 0. The van der Waals surface area contributed by atoms with Crippen molar-refractivity contribution in [3.8, 4) is 5.75 Å². The van der Waals surface area contributed by atoms with E-state index in [2.05, 4.69) is 10.3 Å². The zero-order valence-electron chi connectivity index (χ0n) is 15.8. The van der Waals surface area contributed by atoms with Crippen molar-refractivity contribution in [3.63, 3.8) is 0 Å². The fourth-order valence-corrected chi connectivity index (χ4v) is 3.64. The molecule has 0 radical (unpaired) electrons. The summed E-state index contributed by atoms with van der Waals surface area (Å²) in [5, 5.41) is 13.2. The van der Waals surface area contributed by atoms with Crippen LogP contribution in [-0.2, 0) is 22.4 Å². The Bertz CT molecular complexity index is 1040. The molecule has 0 fully saturated rings. The molecule has 6 heteroatoms. The van der Waals surface area contributed by atoms with Gasteiger partial charge in [0.1, 0.15) is 11.8 Å². The molecule has 0 bridgehead atoms. The van der Waals surface area contributed by atoms with E-state index < -0.39 is 24.0 Å². The van der Waals surface area contributed by atoms with E-state index in [4.69, 9.17) is 4.74 Å². The number of H-pyrrole nitrogens is 1. The molecule has 1 aromatic heterocycles. The Hall–Kier alpha value is -3.28. The number of carboxylic acids is 1. The normalized spacial score (nSPS) is 16.4. The predicted octanol–water partition coefficient (Wildman–Crippen LogP) is 2.90. The van der Waals surface area contributed by atoms with Crippen molar-refractivity contribution in [2.45, 2.75) is 38.8 Å². The van der Waals surface area contributed by atoms with Crippen molar-refractivity contribution in [1.82, 2.24) is 10.3 Å². The number of carbonyl (C=O) groups is 2. The third kappa shape index (κ3) is 3.33. The smallest absolute Gasteiger partial charge is 0.326 e. The highest BCUT2D eigenvalue weighted by molar-refractivity contribution is 5.89. The molecule has 144 valence electrons. The van der Waals surface area contributed by atoms with Crippen LogP contribution in [0.4, 0.5) is 0 Å². The maximum Gasteiger partial charge on any atom is 0.326 e. The zero-order chi connectivity index (χ0) is 19.8. The number of carboxylic acid groups (broad SMARTS) is 1. The van der Waals surface area contributed by atoms with E-state index in [1.54, 1.807) is 6.20 Å². The van der Waals surface area contributed by atoms with Crippen molar-refractivity contribution in [1.29, 1.82) is 0 Å². The lowest BCUT2D eigenvalue weighted by Gasteiger charge is -2.17. The number of aromatic amines is 1. The molecule has 3 N–H and O–H groups in total. The van der Waals surface area contributed by atoms with Gasteiger partial charge < -0.3 is 20.1 Å². The second kappa shape index (κ2) is 7.03. The van der Waals surface area contributed by atoms with Gasteiger partial charge in [-0.25, -0.2) is 4.79 Å². The molecule has 0 saturated heterocycles. The first-order valence-electron chi connectivity index (χ1n) is 9.27. The van der Waals surface area contributed by atoms with E-state index in [0.717, 1.165) is 33.2 Å². The van der Waals surface area contributed by atoms with E-state index in [1.165, 1.54) is 0 Å². The van der Waals surface area contributed by atoms with Gasteiger partial charge in [0.05, 0.1) is 0 Å². The van der Waals surface area contributed by atoms with Gasteiger partial charge in [0.25, 0.3) is 5.91 Å². The topological polar surface area (TPSA) is 91.4 Å². The van der Waals surface area contributed by atoms with Crippen LogP contribution in [0.3, 0.4) is 0 Å². The fourth-order valence-electron chi connectivity index (χ4n) is 3.64. The van der Waals surface area contributed by atoms with Crippen LogP contribution >= 0.6 is 0 Å². The van der Waals surface area contributed by atoms with Crippen LogP contribution in [-0.4, -0.2) is 34.1 Å². The lowest BCUT2D eigenvalue weighted by molar-refractivity contribution is -0.142. The first kappa shape index (κ1) is 18.1. The van der Waals surface area contributed by atoms with E-state index in [9.17, 15) is 14.7 Å². The number of nitrogens with one attached hydrogen (secondary N) is 2. The minimum atomic E-state index is -1.07. The van der Waals surface area contributed by atoms with E-state index in [1.807, 2.05) is 50.2 Å². The van der Waals surface area contributed by atoms with Crippen molar-refractivity contribution in [2.75, 3.05) is 0 Å². The molecule has 28 heavy (non-hydrogen) atoms. The summed E-state index contributed by atoms with van der Waals surface area (Å²) in [6, 6.07) is 10.6. The monoisotopic (exact) mass is 378 g/mol. The molecule has 4 rings (SSSR count). The highest BCUT2D eigenvalue weighted by Crippen LogP contribution is 2.31. The molecule has 6 nitrogen and oxygen atoms in total. The maximum absolute atomic E-state index is 12.7. The van der Waals surface area contributed by atoms with Gasteiger partial charge in [-0.2, -0.15) is 0 Å². The highest BCUT2D eigenvalue weighted by atomic mass is 16.5. The van der Waals surface area contributed by atoms with Gasteiger partial charge in [-0.15, -0.1) is 0 Å². The number of aryl methyl sites for hydroxylation is 2. The molecule has 1 amide bonds. The molecular weight excluding hydrogens is 356 g/mol. The molecule has 2 heterocycles. The largest absolute Gasteiger partial charge is 0.480 e. The minimum absolute atomic E-state index is 0.197. The molecule has 0 aliphatic carbocycles. The van der Waals surface area contributed by atoms with Crippen LogP contribution in [0, 0.1) is 13.8 Å². The van der Waals surface area contributed by atoms with E-state index in [0.29, 0.717) is 12.2 Å². The molecule has 2 atom stereocenters. The fraction of sp³-hybridized carbons (Fsp3) is 0.273. The standard InChI is InChI=1S/C22H22N2O4/c1-12-7-14-10-20(28-19(14)8-13(12)2)21(25)24-18(22(26)27)9-15-11-23-17-6-4-3-5-16(15)17/h3-8,11,18,20,23H,9-10H2,1-2H3,(H,24,25)(H,26,27)/t18-,20+/m1/s1. The first-order chi connectivity index (χ1) is 13.4. The highest BCUT2D eigenvalue weighted by Gasteiger charge is 2.32. The van der Waals surface area contributed by atoms with E-state index in [-0.39, 0.29) is 6.42 Å². The van der Waals surface area contributed by atoms with Gasteiger partial charge in [-0.3, -0.25) is 4.79 Å². The summed E-state index contributed by atoms with van der Waals surface area (Å²) in [6.45, 7) is 4.01. The average molecular weight is 378 g/mol. The van der Waals surface area contributed by atoms with Crippen LogP contribution in [0.5, 0.6) is 5.75 Å². The Labute approximate surface area is 162 Å². The summed E-state index contributed by atoms with van der Waals surface area (Å²) >= 11 is 0. The van der Waals surface area contributed by atoms with Gasteiger partial charge in [-0.1, -0.05) is 24.3 Å². The van der Waals surface area contributed by atoms with Crippen LogP contribution in [0.1, 0.15) is 22.3 Å². The molecule has 0 unspecified atom stereocenters. The van der Waals surface area contributed by atoms with Crippen LogP contribution in [0.25, 0.3) is 10.9 Å². The zero-order valence-corrected chi connectivity index (χ0v) is 15.8. The van der Waals surface area contributed by atoms with Gasteiger partial charge in [0, 0.05) is 29.9 Å². The SMILES string of the molecule is Cc1cc2c(cc1C)O[C@H](C(=O)N[C@H](Cc1c[nH]c3ccccc13)C(=O)O)C2. The summed E-state index contributed by atoms with van der Waals surface area (Å²) in [4.78, 5) is 27.6. The average Bonchev–Trinajstić information content (AvgIpc) is 3.25. The minimum Gasteiger partial charge on any atom is -0.480 e. The number of para-hydroxylation sites is 1. The number of carbonyl (C=O) groups excluding carboxylic acids is 1. The van der Waals surface area contributed by atoms with Crippen molar-refractivity contribution in [3.05, 3.63) is 64.8 Å². The summed E-state index contributed by atoms with van der Waals surface area (Å²) < 4.78 is 5.78. The Morgan fingerprint density at radius 2 is 2.00 bits per heavy atom. The first-order valence-corrected chi connectivity index (χ1v) is 9.27. The quantitative estimate of drug-likeness (QED) is 0.637. The van der Waals surface area contributed by atoms with Gasteiger partial charge >= 0.3 is 5.97 Å². The molecule has 1 aliphatic heterocycles. The third-order valence-corrected chi connectivity index (χ3v) is 5.36. The van der Waals surface area contributed by atoms with Crippen molar-refractivity contribution >= 4 is 22.8 Å². The second-order valence-corrected chi connectivity index (χ2v) is 7.32. The van der Waals surface area contributed by atoms with Gasteiger partial charge in [0.2, 0.25) is 0 Å². The van der Waals surface area contributed by atoms with Crippen molar-refractivity contribution < 1.29 is 19.4 Å². The number of rotatable bonds is 5. The number of aromatic nitrogens is 1. The number of benzene rings is 2. The number of fused-ring (bicyclic) bond motifs is 2.